The molecular formula is C16H22FNO3. The highest BCUT2D eigenvalue weighted by Crippen LogP contribution is 2.23. The number of ether oxygens (including phenoxy) is 1. The van der Waals surface area contributed by atoms with Crippen molar-refractivity contribution >= 4 is 5.91 Å². The van der Waals surface area contributed by atoms with Gasteiger partial charge in [0.25, 0.3) is 5.91 Å². The maximum Gasteiger partial charge on any atom is 0.260 e. The van der Waals surface area contributed by atoms with Gasteiger partial charge in [0.05, 0.1) is 6.10 Å². The third-order valence-electron chi connectivity index (χ3n) is 3.88. The minimum absolute atomic E-state index is 0.176. The van der Waals surface area contributed by atoms with E-state index in [0.717, 1.165) is 25.7 Å². The second kappa shape index (κ2) is 7.41. The zero-order valence-corrected chi connectivity index (χ0v) is 12.2. The molecule has 0 bridgehead atoms. The fraction of sp³-hybridized carbons (Fsp3) is 0.562. The fourth-order valence-corrected chi connectivity index (χ4v) is 2.51. The predicted molar refractivity (Wildman–Crippen MR) is 77.5 cm³/mol. The van der Waals surface area contributed by atoms with Crippen molar-refractivity contribution in [3.05, 3.63) is 30.1 Å². The van der Waals surface area contributed by atoms with E-state index in [0.29, 0.717) is 18.2 Å². The third-order valence-corrected chi connectivity index (χ3v) is 3.88. The summed E-state index contributed by atoms with van der Waals surface area (Å²) in [4.78, 5) is 12.0. The number of halogens is 1. The van der Waals surface area contributed by atoms with E-state index in [1.54, 1.807) is 6.92 Å². The van der Waals surface area contributed by atoms with Gasteiger partial charge in [-0.2, -0.15) is 0 Å². The Kier molecular flexibility index (Phi) is 5.56. The summed E-state index contributed by atoms with van der Waals surface area (Å²) in [6.07, 6.45) is 2.69. The summed E-state index contributed by atoms with van der Waals surface area (Å²) >= 11 is 0. The van der Waals surface area contributed by atoms with Crippen LogP contribution in [0.2, 0.25) is 0 Å². The molecule has 1 fully saturated rings. The second-order valence-corrected chi connectivity index (χ2v) is 5.63. The number of rotatable bonds is 5. The number of carbonyl (C=O) groups excluding carboxylic acids is 1. The van der Waals surface area contributed by atoms with Gasteiger partial charge in [0.15, 0.2) is 6.10 Å². The number of aliphatic hydroxyl groups excluding tert-OH is 1. The quantitative estimate of drug-likeness (QED) is 0.876. The molecule has 0 aliphatic heterocycles. The Hall–Kier alpha value is -1.62. The number of carbonyl (C=O) groups is 1. The van der Waals surface area contributed by atoms with Gasteiger partial charge in [-0.05, 0) is 62.8 Å². The first-order valence-corrected chi connectivity index (χ1v) is 7.42. The Morgan fingerprint density at radius 3 is 2.57 bits per heavy atom. The van der Waals surface area contributed by atoms with Crippen molar-refractivity contribution in [2.24, 2.45) is 5.92 Å². The van der Waals surface area contributed by atoms with Gasteiger partial charge in [0, 0.05) is 6.54 Å². The largest absolute Gasteiger partial charge is 0.481 e. The van der Waals surface area contributed by atoms with E-state index in [4.69, 9.17) is 4.74 Å². The summed E-state index contributed by atoms with van der Waals surface area (Å²) in [7, 11) is 0. The van der Waals surface area contributed by atoms with Crippen molar-refractivity contribution in [3.63, 3.8) is 0 Å². The molecule has 1 aromatic carbocycles. The predicted octanol–water partition coefficient (Wildman–Crippen LogP) is 2.26. The minimum Gasteiger partial charge on any atom is -0.481 e. The van der Waals surface area contributed by atoms with E-state index in [-0.39, 0.29) is 17.8 Å². The van der Waals surface area contributed by atoms with Crippen LogP contribution in [-0.4, -0.2) is 29.8 Å². The Labute approximate surface area is 124 Å². The Balaban J connectivity index is 1.73. The topological polar surface area (TPSA) is 58.6 Å². The molecule has 0 spiro atoms. The first kappa shape index (κ1) is 15.8. The molecule has 116 valence electrons. The normalized spacial score (nSPS) is 23.4. The summed E-state index contributed by atoms with van der Waals surface area (Å²) in [6.45, 7) is 2.28. The monoisotopic (exact) mass is 295 g/mol. The molecule has 2 N–H and O–H groups in total. The number of hydrogen-bond donors (Lipinski definition) is 2. The van der Waals surface area contributed by atoms with Crippen molar-refractivity contribution in [2.75, 3.05) is 6.54 Å². The average Bonchev–Trinajstić information content (AvgIpc) is 2.48. The highest BCUT2D eigenvalue weighted by Gasteiger charge is 2.21. The molecule has 1 unspecified atom stereocenters. The van der Waals surface area contributed by atoms with Crippen LogP contribution in [0.1, 0.15) is 32.6 Å². The van der Waals surface area contributed by atoms with Crippen molar-refractivity contribution in [1.29, 1.82) is 0 Å². The molecule has 1 aliphatic rings. The van der Waals surface area contributed by atoms with Gasteiger partial charge < -0.3 is 15.2 Å². The molecule has 1 saturated carbocycles. The lowest BCUT2D eigenvalue weighted by Gasteiger charge is -2.26. The average molecular weight is 295 g/mol. The zero-order valence-electron chi connectivity index (χ0n) is 12.2. The summed E-state index contributed by atoms with van der Waals surface area (Å²) in [5, 5.41) is 12.3. The Morgan fingerprint density at radius 2 is 1.95 bits per heavy atom. The smallest absolute Gasteiger partial charge is 0.260 e. The first-order valence-electron chi connectivity index (χ1n) is 7.42. The molecule has 1 atom stereocenters. The summed E-state index contributed by atoms with van der Waals surface area (Å²) in [5.74, 6) is 0.389. The van der Waals surface area contributed by atoms with Gasteiger partial charge in [-0.25, -0.2) is 4.39 Å². The molecule has 0 aromatic heterocycles. The third kappa shape index (κ3) is 5.01. The van der Waals surface area contributed by atoms with Gasteiger partial charge in [-0.1, -0.05) is 0 Å². The number of benzene rings is 1. The Morgan fingerprint density at radius 1 is 1.33 bits per heavy atom. The Bertz CT molecular complexity index is 455. The van der Waals surface area contributed by atoms with E-state index in [1.165, 1.54) is 24.3 Å². The molecule has 0 radical (unpaired) electrons. The van der Waals surface area contributed by atoms with Crippen LogP contribution in [0.4, 0.5) is 4.39 Å². The van der Waals surface area contributed by atoms with Crippen LogP contribution in [-0.2, 0) is 4.79 Å². The molecule has 1 aromatic rings. The fourth-order valence-electron chi connectivity index (χ4n) is 2.51. The standard InChI is InChI=1S/C16H22FNO3/c1-11(21-15-8-4-13(17)5-9-15)16(20)18-10-12-2-6-14(19)7-3-12/h4-5,8-9,11-12,14,19H,2-3,6-7,10H2,1H3,(H,18,20). The number of amides is 1. The van der Waals surface area contributed by atoms with E-state index >= 15 is 0 Å². The lowest BCUT2D eigenvalue weighted by molar-refractivity contribution is -0.127. The highest BCUT2D eigenvalue weighted by molar-refractivity contribution is 5.80. The van der Waals surface area contributed by atoms with E-state index < -0.39 is 6.10 Å². The molecule has 1 aliphatic carbocycles. The van der Waals surface area contributed by atoms with Crippen LogP contribution in [0, 0.1) is 11.7 Å². The maximum absolute atomic E-state index is 12.8. The van der Waals surface area contributed by atoms with Crippen LogP contribution < -0.4 is 10.1 Å². The van der Waals surface area contributed by atoms with Crippen molar-refractivity contribution < 1.29 is 19.0 Å². The zero-order chi connectivity index (χ0) is 15.2. The van der Waals surface area contributed by atoms with Crippen LogP contribution in [0.15, 0.2) is 24.3 Å². The van der Waals surface area contributed by atoms with E-state index in [2.05, 4.69) is 5.32 Å². The van der Waals surface area contributed by atoms with Crippen LogP contribution in [0.25, 0.3) is 0 Å². The second-order valence-electron chi connectivity index (χ2n) is 5.63. The number of aliphatic hydroxyl groups is 1. The minimum atomic E-state index is -0.621. The molecule has 21 heavy (non-hydrogen) atoms. The van der Waals surface area contributed by atoms with Gasteiger partial charge in [-0.3, -0.25) is 4.79 Å². The highest BCUT2D eigenvalue weighted by atomic mass is 19.1. The number of nitrogens with one attached hydrogen (secondary N) is 1. The SMILES string of the molecule is CC(Oc1ccc(F)cc1)C(=O)NCC1CCC(O)CC1. The molecular weight excluding hydrogens is 273 g/mol. The van der Waals surface area contributed by atoms with Crippen LogP contribution >= 0.6 is 0 Å². The summed E-state index contributed by atoms with van der Waals surface area (Å²) in [6, 6.07) is 5.60. The van der Waals surface area contributed by atoms with Crippen molar-refractivity contribution in [2.45, 2.75) is 44.8 Å². The molecule has 4 nitrogen and oxygen atoms in total. The lowest BCUT2D eigenvalue weighted by Crippen LogP contribution is -2.39. The maximum atomic E-state index is 12.8. The van der Waals surface area contributed by atoms with Gasteiger partial charge in [-0.15, -0.1) is 0 Å². The van der Waals surface area contributed by atoms with Gasteiger partial charge in [0.2, 0.25) is 0 Å². The summed E-state index contributed by atoms with van der Waals surface area (Å²) in [5.41, 5.74) is 0. The molecule has 1 amide bonds. The van der Waals surface area contributed by atoms with Gasteiger partial charge >= 0.3 is 0 Å². The van der Waals surface area contributed by atoms with E-state index in [9.17, 15) is 14.3 Å². The van der Waals surface area contributed by atoms with Crippen molar-refractivity contribution in [3.8, 4) is 5.75 Å². The lowest BCUT2D eigenvalue weighted by atomic mass is 9.87. The number of hydrogen-bond acceptors (Lipinski definition) is 3. The van der Waals surface area contributed by atoms with Gasteiger partial charge in [0.1, 0.15) is 11.6 Å². The first-order chi connectivity index (χ1) is 10.0. The van der Waals surface area contributed by atoms with Crippen molar-refractivity contribution in [1.82, 2.24) is 5.32 Å². The molecule has 0 heterocycles. The molecule has 0 saturated heterocycles. The summed E-state index contributed by atoms with van der Waals surface area (Å²) < 4.78 is 18.3. The molecule has 5 heteroatoms. The van der Waals surface area contributed by atoms with E-state index in [1.807, 2.05) is 0 Å². The van der Waals surface area contributed by atoms with Crippen LogP contribution in [0.5, 0.6) is 5.75 Å². The van der Waals surface area contributed by atoms with Crippen LogP contribution in [0.3, 0.4) is 0 Å². The molecule has 2 rings (SSSR count).